The summed E-state index contributed by atoms with van der Waals surface area (Å²) in [6, 6.07) is 5.20. The summed E-state index contributed by atoms with van der Waals surface area (Å²) in [6.45, 7) is 0.719. The molecule has 0 aliphatic carbocycles. The van der Waals surface area contributed by atoms with E-state index in [1.165, 1.54) is 0 Å². The van der Waals surface area contributed by atoms with Crippen LogP contribution in [0.3, 0.4) is 0 Å². The average Bonchev–Trinajstić information content (AvgIpc) is 2.39. The average molecular weight is 285 g/mol. The molecule has 0 fully saturated rings. The summed E-state index contributed by atoms with van der Waals surface area (Å²) in [5.74, 6) is 0.607. The van der Waals surface area contributed by atoms with Crippen LogP contribution < -0.4 is 15.8 Å². The number of amides is 1. The van der Waals surface area contributed by atoms with Crippen molar-refractivity contribution in [3.63, 3.8) is 0 Å². The molecule has 3 N–H and O–H groups in total. The van der Waals surface area contributed by atoms with Crippen LogP contribution in [0.2, 0.25) is 5.02 Å². The molecule has 1 aromatic rings. The van der Waals surface area contributed by atoms with E-state index in [0.717, 1.165) is 32.2 Å². The summed E-state index contributed by atoms with van der Waals surface area (Å²) in [5, 5.41) is 3.31. The number of nitrogens with one attached hydrogen (secondary N) is 1. The number of hydrogen-bond donors (Lipinski definition) is 2. The molecule has 0 saturated carbocycles. The molecule has 0 atom stereocenters. The SMILES string of the molecule is COc1ccc(NC(=O)CCCCCCN)cc1Cl. The molecule has 0 heterocycles. The molecule has 0 unspecified atom stereocenters. The zero-order valence-electron chi connectivity index (χ0n) is 11.2. The molecule has 1 rings (SSSR count). The summed E-state index contributed by atoms with van der Waals surface area (Å²) in [6.07, 6.45) is 4.55. The number of hydrogen-bond acceptors (Lipinski definition) is 3. The largest absolute Gasteiger partial charge is 0.495 e. The highest BCUT2D eigenvalue weighted by molar-refractivity contribution is 6.32. The van der Waals surface area contributed by atoms with Gasteiger partial charge in [0.05, 0.1) is 12.1 Å². The molecule has 0 radical (unpaired) electrons. The Kier molecular flexibility index (Phi) is 7.30. The summed E-state index contributed by atoms with van der Waals surface area (Å²) in [7, 11) is 1.56. The van der Waals surface area contributed by atoms with Crippen molar-refractivity contribution in [2.45, 2.75) is 32.1 Å². The first-order chi connectivity index (χ1) is 9.17. The van der Waals surface area contributed by atoms with Crippen molar-refractivity contribution in [2.24, 2.45) is 5.73 Å². The minimum Gasteiger partial charge on any atom is -0.495 e. The Bertz CT molecular complexity index is 410. The Hall–Kier alpha value is -1.26. The number of benzene rings is 1. The van der Waals surface area contributed by atoms with Crippen LogP contribution in [0.25, 0.3) is 0 Å². The van der Waals surface area contributed by atoms with Gasteiger partial charge in [-0.15, -0.1) is 0 Å². The second-order valence-corrected chi connectivity index (χ2v) is 4.76. The van der Waals surface area contributed by atoms with Gasteiger partial charge in [0.25, 0.3) is 0 Å². The molecular weight excluding hydrogens is 264 g/mol. The fraction of sp³-hybridized carbons (Fsp3) is 0.500. The lowest BCUT2D eigenvalue weighted by Gasteiger charge is -2.08. The molecule has 1 amide bonds. The van der Waals surface area contributed by atoms with E-state index in [-0.39, 0.29) is 5.91 Å². The smallest absolute Gasteiger partial charge is 0.224 e. The number of carbonyl (C=O) groups excluding carboxylic acids is 1. The van der Waals surface area contributed by atoms with Crippen LogP contribution in [-0.4, -0.2) is 19.6 Å². The van der Waals surface area contributed by atoms with Crippen LogP contribution in [0.1, 0.15) is 32.1 Å². The Balaban J connectivity index is 2.34. The van der Waals surface area contributed by atoms with Gasteiger partial charge in [0.1, 0.15) is 5.75 Å². The molecule has 0 bridgehead atoms. The third kappa shape index (κ3) is 5.94. The molecule has 19 heavy (non-hydrogen) atoms. The van der Waals surface area contributed by atoms with Gasteiger partial charge in [-0.05, 0) is 37.6 Å². The van der Waals surface area contributed by atoms with E-state index in [1.54, 1.807) is 25.3 Å². The van der Waals surface area contributed by atoms with Gasteiger partial charge in [-0.2, -0.15) is 0 Å². The maximum Gasteiger partial charge on any atom is 0.224 e. The van der Waals surface area contributed by atoms with Gasteiger partial charge in [0, 0.05) is 12.1 Å². The second-order valence-electron chi connectivity index (χ2n) is 4.35. The van der Waals surface area contributed by atoms with Gasteiger partial charge in [-0.1, -0.05) is 24.4 Å². The molecule has 1 aromatic carbocycles. The molecule has 5 heteroatoms. The van der Waals surface area contributed by atoms with Crippen LogP contribution in [0, 0.1) is 0 Å². The zero-order chi connectivity index (χ0) is 14.1. The predicted octanol–water partition coefficient (Wildman–Crippen LogP) is 3.20. The number of anilines is 1. The van der Waals surface area contributed by atoms with E-state index < -0.39 is 0 Å². The van der Waals surface area contributed by atoms with Crippen LogP contribution in [-0.2, 0) is 4.79 Å². The predicted molar refractivity (Wildman–Crippen MR) is 78.8 cm³/mol. The van der Waals surface area contributed by atoms with E-state index in [0.29, 0.717) is 22.9 Å². The summed E-state index contributed by atoms with van der Waals surface area (Å²) in [5.41, 5.74) is 6.10. The van der Waals surface area contributed by atoms with E-state index in [1.807, 2.05) is 0 Å². The van der Waals surface area contributed by atoms with Gasteiger partial charge in [0.15, 0.2) is 0 Å². The molecule has 0 aromatic heterocycles. The van der Waals surface area contributed by atoms with Crippen molar-refractivity contribution in [1.82, 2.24) is 0 Å². The first-order valence-corrected chi connectivity index (χ1v) is 6.88. The first kappa shape index (κ1) is 15.8. The number of nitrogens with two attached hydrogens (primary N) is 1. The van der Waals surface area contributed by atoms with Gasteiger partial charge < -0.3 is 15.8 Å². The molecule has 0 spiro atoms. The molecule has 4 nitrogen and oxygen atoms in total. The third-order valence-electron chi connectivity index (χ3n) is 2.79. The fourth-order valence-electron chi connectivity index (χ4n) is 1.75. The van der Waals surface area contributed by atoms with Gasteiger partial charge in [-0.3, -0.25) is 4.79 Å². The van der Waals surface area contributed by atoms with Crippen LogP contribution in [0.5, 0.6) is 5.75 Å². The number of unbranched alkanes of at least 4 members (excludes halogenated alkanes) is 3. The van der Waals surface area contributed by atoms with E-state index in [9.17, 15) is 4.79 Å². The maximum atomic E-state index is 11.7. The monoisotopic (exact) mass is 284 g/mol. The Morgan fingerprint density at radius 2 is 2.05 bits per heavy atom. The Morgan fingerprint density at radius 1 is 1.32 bits per heavy atom. The quantitative estimate of drug-likeness (QED) is 0.721. The highest BCUT2D eigenvalue weighted by Gasteiger charge is 2.05. The van der Waals surface area contributed by atoms with E-state index in [4.69, 9.17) is 22.1 Å². The zero-order valence-corrected chi connectivity index (χ0v) is 12.0. The number of methoxy groups -OCH3 is 1. The highest BCUT2D eigenvalue weighted by atomic mass is 35.5. The molecule has 0 aliphatic rings. The standard InChI is InChI=1S/C14H21ClN2O2/c1-19-13-8-7-11(10-12(13)15)17-14(18)6-4-2-3-5-9-16/h7-8,10H,2-6,9,16H2,1H3,(H,17,18). The highest BCUT2D eigenvalue weighted by Crippen LogP contribution is 2.27. The minimum absolute atomic E-state index is 0.00832. The summed E-state index contributed by atoms with van der Waals surface area (Å²) in [4.78, 5) is 11.7. The Morgan fingerprint density at radius 3 is 2.68 bits per heavy atom. The van der Waals surface area contributed by atoms with Crippen molar-refractivity contribution in [3.05, 3.63) is 23.2 Å². The van der Waals surface area contributed by atoms with Crippen LogP contribution >= 0.6 is 11.6 Å². The van der Waals surface area contributed by atoms with Crippen molar-refractivity contribution in [2.75, 3.05) is 19.0 Å². The van der Waals surface area contributed by atoms with Crippen LogP contribution in [0.4, 0.5) is 5.69 Å². The van der Waals surface area contributed by atoms with Crippen molar-refractivity contribution >= 4 is 23.2 Å². The lowest BCUT2D eigenvalue weighted by Crippen LogP contribution is -2.11. The fourth-order valence-corrected chi connectivity index (χ4v) is 2.01. The molecular formula is C14H21ClN2O2. The summed E-state index contributed by atoms with van der Waals surface area (Å²) >= 11 is 5.99. The second kappa shape index (κ2) is 8.77. The van der Waals surface area contributed by atoms with Gasteiger partial charge in [-0.25, -0.2) is 0 Å². The lowest BCUT2D eigenvalue weighted by atomic mass is 10.1. The van der Waals surface area contributed by atoms with E-state index in [2.05, 4.69) is 5.32 Å². The van der Waals surface area contributed by atoms with Crippen LogP contribution in [0.15, 0.2) is 18.2 Å². The lowest BCUT2D eigenvalue weighted by molar-refractivity contribution is -0.116. The van der Waals surface area contributed by atoms with Gasteiger partial charge in [0.2, 0.25) is 5.91 Å². The topological polar surface area (TPSA) is 64.3 Å². The molecule has 0 aliphatic heterocycles. The maximum absolute atomic E-state index is 11.7. The van der Waals surface area contributed by atoms with Crippen molar-refractivity contribution < 1.29 is 9.53 Å². The number of rotatable bonds is 8. The Labute approximate surface area is 119 Å². The van der Waals surface area contributed by atoms with Gasteiger partial charge >= 0.3 is 0 Å². The third-order valence-corrected chi connectivity index (χ3v) is 3.09. The van der Waals surface area contributed by atoms with Crippen molar-refractivity contribution in [1.29, 1.82) is 0 Å². The number of halogens is 1. The normalized spacial score (nSPS) is 10.3. The first-order valence-electron chi connectivity index (χ1n) is 6.51. The summed E-state index contributed by atoms with van der Waals surface area (Å²) < 4.78 is 5.05. The number of carbonyl (C=O) groups is 1. The minimum atomic E-state index is 0.00832. The number of ether oxygens (including phenoxy) is 1. The van der Waals surface area contributed by atoms with Crippen molar-refractivity contribution in [3.8, 4) is 5.75 Å². The molecule has 106 valence electrons. The van der Waals surface area contributed by atoms with E-state index >= 15 is 0 Å². The molecule has 0 saturated heterocycles.